The highest BCUT2D eigenvalue weighted by atomic mass is 16.5. The van der Waals surface area contributed by atoms with Crippen molar-refractivity contribution < 1.29 is 19.1 Å². The van der Waals surface area contributed by atoms with Crippen molar-refractivity contribution >= 4 is 17.8 Å². The van der Waals surface area contributed by atoms with Gasteiger partial charge in [-0.2, -0.15) is 5.10 Å². The molecule has 4 rings (SSSR count). The molecule has 2 aromatic carbocycles. The number of hydrogen-bond acceptors (Lipinski definition) is 5. The first-order valence-corrected chi connectivity index (χ1v) is 9.75. The van der Waals surface area contributed by atoms with Crippen LogP contribution in [0.15, 0.2) is 48.5 Å². The molecular weight excluding hydrogens is 398 g/mol. The van der Waals surface area contributed by atoms with Crippen LogP contribution in [0.5, 0.6) is 11.5 Å². The molecular formula is C22H23N5O4. The van der Waals surface area contributed by atoms with E-state index in [0.29, 0.717) is 42.5 Å². The molecule has 31 heavy (non-hydrogen) atoms. The standard InChI is InChI=1S/C22H23N5O4/c1-30-18-9-8-15(10-19(18)31-2)21(28)24-20-16-12-27(13-17(16)25-26-20)22(29)23-11-14-6-4-3-5-7-14/h3-10H,11-13H2,1-2H3,(H,23,29)(H2,24,25,26,28). The number of urea groups is 1. The molecule has 1 aliphatic rings. The summed E-state index contributed by atoms with van der Waals surface area (Å²) in [7, 11) is 3.05. The van der Waals surface area contributed by atoms with Crippen molar-refractivity contribution in [2.45, 2.75) is 19.6 Å². The number of hydrogen-bond donors (Lipinski definition) is 3. The van der Waals surface area contributed by atoms with Crippen molar-refractivity contribution in [1.29, 1.82) is 0 Å². The van der Waals surface area contributed by atoms with Gasteiger partial charge in [0.15, 0.2) is 17.3 Å². The summed E-state index contributed by atoms with van der Waals surface area (Å²) < 4.78 is 10.5. The quantitative estimate of drug-likeness (QED) is 0.567. The van der Waals surface area contributed by atoms with E-state index in [-0.39, 0.29) is 11.9 Å². The molecule has 0 aliphatic carbocycles. The minimum Gasteiger partial charge on any atom is -0.493 e. The topological polar surface area (TPSA) is 109 Å². The monoisotopic (exact) mass is 421 g/mol. The largest absolute Gasteiger partial charge is 0.493 e. The van der Waals surface area contributed by atoms with Gasteiger partial charge in [0, 0.05) is 17.7 Å². The highest BCUT2D eigenvalue weighted by Gasteiger charge is 2.29. The smallest absolute Gasteiger partial charge is 0.318 e. The number of carbonyl (C=O) groups is 2. The Kier molecular flexibility index (Phi) is 5.74. The maximum Gasteiger partial charge on any atom is 0.318 e. The molecule has 0 saturated heterocycles. The molecule has 0 saturated carbocycles. The highest BCUT2D eigenvalue weighted by Crippen LogP contribution is 2.30. The third kappa shape index (κ3) is 4.30. The van der Waals surface area contributed by atoms with Gasteiger partial charge in [-0.3, -0.25) is 9.89 Å². The molecule has 3 amide bonds. The third-order valence-electron chi connectivity index (χ3n) is 5.10. The van der Waals surface area contributed by atoms with Crippen LogP contribution >= 0.6 is 0 Å². The molecule has 9 nitrogen and oxygen atoms in total. The first-order valence-electron chi connectivity index (χ1n) is 9.75. The Balaban J connectivity index is 1.40. The van der Waals surface area contributed by atoms with Gasteiger partial charge in [-0.1, -0.05) is 30.3 Å². The minimum absolute atomic E-state index is 0.175. The summed E-state index contributed by atoms with van der Waals surface area (Å²) in [5.74, 6) is 1.08. The molecule has 0 unspecified atom stereocenters. The molecule has 0 spiro atoms. The number of carbonyl (C=O) groups excluding carboxylic acids is 2. The maximum absolute atomic E-state index is 12.7. The number of ether oxygens (including phenoxy) is 2. The normalized spacial score (nSPS) is 12.3. The number of fused-ring (bicyclic) bond motifs is 1. The molecule has 0 atom stereocenters. The number of nitrogens with one attached hydrogen (secondary N) is 3. The van der Waals surface area contributed by atoms with E-state index < -0.39 is 0 Å². The van der Waals surface area contributed by atoms with Crippen LogP contribution in [0.4, 0.5) is 10.6 Å². The second-order valence-electron chi connectivity index (χ2n) is 7.05. The van der Waals surface area contributed by atoms with Crippen LogP contribution in [0.25, 0.3) is 0 Å². The van der Waals surface area contributed by atoms with Crippen molar-refractivity contribution in [1.82, 2.24) is 20.4 Å². The molecule has 0 bridgehead atoms. The number of rotatable bonds is 6. The summed E-state index contributed by atoms with van der Waals surface area (Å²) in [5, 5.41) is 12.8. The van der Waals surface area contributed by atoms with Gasteiger partial charge in [-0.25, -0.2) is 4.79 Å². The lowest BCUT2D eigenvalue weighted by atomic mass is 10.2. The number of aromatic nitrogens is 2. The van der Waals surface area contributed by atoms with Gasteiger partial charge in [0.25, 0.3) is 5.91 Å². The zero-order valence-electron chi connectivity index (χ0n) is 17.3. The first-order chi connectivity index (χ1) is 15.1. The number of amides is 3. The van der Waals surface area contributed by atoms with Crippen molar-refractivity contribution in [2.75, 3.05) is 19.5 Å². The van der Waals surface area contributed by atoms with Crippen LogP contribution in [0, 0.1) is 0 Å². The second kappa shape index (κ2) is 8.78. The van der Waals surface area contributed by atoms with Crippen LogP contribution in [0.3, 0.4) is 0 Å². The summed E-state index contributed by atoms with van der Waals surface area (Å²) in [6.45, 7) is 1.20. The van der Waals surface area contributed by atoms with Crippen LogP contribution < -0.4 is 20.1 Å². The molecule has 1 aliphatic heterocycles. The maximum atomic E-state index is 12.7. The second-order valence-corrected chi connectivity index (χ2v) is 7.05. The van der Waals surface area contributed by atoms with Crippen LogP contribution in [0.2, 0.25) is 0 Å². The summed E-state index contributed by atoms with van der Waals surface area (Å²) in [4.78, 5) is 26.9. The molecule has 9 heteroatoms. The lowest BCUT2D eigenvalue weighted by Gasteiger charge is -2.17. The minimum atomic E-state index is -0.331. The Labute approximate surface area is 179 Å². The lowest BCUT2D eigenvalue weighted by Crippen LogP contribution is -2.36. The van der Waals surface area contributed by atoms with Crippen LogP contribution in [-0.2, 0) is 19.6 Å². The van der Waals surface area contributed by atoms with Gasteiger partial charge < -0.3 is 25.0 Å². The Morgan fingerprint density at radius 1 is 1.06 bits per heavy atom. The SMILES string of the molecule is COc1ccc(C(=O)Nc2n[nH]c3c2CN(C(=O)NCc2ccccc2)C3)cc1OC. The fourth-order valence-electron chi connectivity index (χ4n) is 3.43. The van der Waals surface area contributed by atoms with Crippen LogP contribution in [0.1, 0.15) is 27.2 Å². The zero-order chi connectivity index (χ0) is 21.8. The molecule has 3 N–H and O–H groups in total. The molecule has 3 aromatic rings. The first kappa shape index (κ1) is 20.3. The van der Waals surface area contributed by atoms with Crippen molar-refractivity contribution in [3.8, 4) is 11.5 Å². The van der Waals surface area contributed by atoms with E-state index in [2.05, 4.69) is 20.8 Å². The van der Waals surface area contributed by atoms with Crippen molar-refractivity contribution in [3.63, 3.8) is 0 Å². The fraction of sp³-hybridized carbons (Fsp3) is 0.227. The average Bonchev–Trinajstić information content (AvgIpc) is 3.39. The highest BCUT2D eigenvalue weighted by molar-refractivity contribution is 6.04. The van der Waals surface area contributed by atoms with E-state index in [9.17, 15) is 9.59 Å². The van der Waals surface area contributed by atoms with Gasteiger partial charge in [0.1, 0.15) is 0 Å². The van der Waals surface area contributed by atoms with E-state index in [4.69, 9.17) is 9.47 Å². The van der Waals surface area contributed by atoms with E-state index >= 15 is 0 Å². The summed E-state index contributed by atoms with van der Waals surface area (Å²) in [6, 6.07) is 14.5. The van der Waals surface area contributed by atoms with Gasteiger partial charge in [-0.15, -0.1) is 0 Å². The number of benzene rings is 2. The van der Waals surface area contributed by atoms with Crippen LogP contribution in [-0.4, -0.2) is 41.3 Å². The van der Waals surface area contributed by atoms with Gasteiger partial charge in [-0.05, 0) is 23.8 Å². The zero-order valence-corrected chi connectivity index (χ0v) is 17.3. The molecule has 1 aromatic heterocycles. The molecule has 0 radical (unpaired) electrons. The number of nitrogens with zero attached hydrogens (tertiary/aromatic N) is 2. The fourth-order valence-corrected chi connectivity index (χ4v) is 3.43. The summed E-state index contributed by atoms with van der Waals surface area (Å²) in [5.41, 5.74) is 3.03. The number of methoxy groups -OCH3 is 2. The number of anilines is 1. The predicted molar refractivity (Wildman–Crippen MR) is 114 cm³/mol. The van der Waals surface area contributed by atoms with Gasteiger partial charge >= 0.3 is 6.03 Å². The predicted octanol–water partition coefficient (Wildman–Crippen LogP) is 2.90. The Hall–Kier alpha value is -4.01. The summed E-state index contributed by atoms with van der Waals surface area (Å²) >= 11 is 0. The van der Waals surface area contributed by atoms with E-state index in [1.165, 1.54) is 14.2 Å². The third-order valence-corrected chi connectivity index (χ3v) is 5.10. The van der Waals surface area contributed by atoms with Crippen molar-refractivity contribution in [2.24, 2.45) is 0 Å². The average molecular weight is 421 g/mol. The van der Waals surface area contributed by atoms with Gasteiger partial charge in [0.05, 0.1) is 33.0 Å². The van der Waals surface area contributed by atoms with E-state index in [0.717, 1.165) is 16.8 Å². The number of H-pyrrole nitrogens is 1. The molecule has 0 fully saturated rings. The Morgan fingerprint density at radius 2 is 1.84 bits per heavy atom. The summed E-state index contributed by atoms with van der Waals surface area (Å²) in [6.07, 6.45) is 0. The Bertz CT molecular complexity index is 1100. The Morgan fingerprint density at radius 3 is 2.58 bits per heavy atom. The lowest BCUT2D eigenvalue weighted by molar-refractivity contribution is 0.102. The van der Waals surface area contributed by atoms with E-state index in [1.54, 1.807) is 23.1 Å². The van der Waals surface area contributed by atoms with Crippen molar-refractivity contribution in [3.05, 3.63) is 70.9 Å². The molecule has 2 heterocycles. The van der Waals surface area contributed by atoms with E-state index in [1.807, 2.05) is 30.3 Å². The number of aromatic amines is 1. The van der Waals surface area contributed by atoms with Gasteiger partial charge in [0.2, 0.25) is 0 Å². The molecule has 160 valence electrons.